The van der Waals surface area contributed by atoms with Crippen LogP contribution in [0.15, 0.2) is 21.2 Å². The van der Waals surface area contributed by atoms with Gasteiger partial charge in [-0.25, -0.2) is 0 Å². The van der Waals surface area contributed by atoms with Crippen LogP contribution in [0, 0.1) is 0 Å². The topological polar surface area (TPSA) is 109 Å². The second-order valence-corrected chi connectivity index (χ2v) is 4.63. The molecule has 0 aromatic carbocycles. The highest BCUT2D eigenvalue weighted by atomic mass is 79.9. The van der Waals surface area contributed by atoms with Gasteiger partial charge in [0.05, 0.1) is 13.0 Å². The fraction of sp³-hybridized carbons (Fsp3) is 0.364. The minimum absolute atomic E-state index is 0.0817. The van der Waals surface area contributed by atoms with Crippen LogP contribution in [0.5, 0.6) is 0 Å². The van der Waals surface area contributed by atoms with Crippen molar-refractivity contribution in [1.82, 2.24) is 10.6 Å². The highest BCUT2D eigenvalue weighted by Crippen LogP contribution is 2.13. The summed E-state index contributed by atoms with van der Waals surface area (Å²) in [5, 5.41) is 13.3. The van der Waals surface area contributed by atoms with Gasteiger partial charge in [0, 0.05) is 6.04 Å². The molecule has 0 fully saturated rings. The van der Waals surface area contributed by atoms with Crippen molar-refractivity contribution in [2.24, 2.45) is 0 Å². The zero-order valence-corrected chi connectivity index (χ0v) is 11.7. The Hall–Kier alpha value is -1.83. The SMILES string of the molecule is CC(CC(=O)O)NC(=O)CNC(=O)c1ccc(Br)o1. The Morgan fingerprint density at radius 1 is 1.42 bits per heavy atom. The van der Waals surface area contributed by atoms with Crippen LogP contribution in [-0.2, 0) is 9.59 Å². The Kier molecular flexibility index (Phi) is 5.56. The minimum Gasteiger partial charge on any atom is -0.481 e. The highest BCUT2D eigenvalue weighted by Gasteiger charge is 2.14. The number of amides is 2. The molecule has 1 heterocycles. The molecule has 0 spiro atoms. The maximum atomic E-state index is 11.5. The Bertz CT molecular complexity index is 485. The molecule has 0 aliphatic rings. The van der Waals surface area contributed by atoms with Gasteiger partial charge in [-0.05, 0) is 35.0 Å². The molecule has 7 nitrogen and oxygen atoms in total. The van der Waals surface area contributed by atoms with E-state index in [4.69, 9.17) is 9.52 Å². The number of carbonyl (C=O) groups is 3. The highest BCUT2D eigenvalue weighted by molar-refractivity contribution is 9.10. The first-order valence-corrected chi connectivity index (χ1v) is 6.22. The van der Waals surface area contributed by atoms with Crippen molar-refractivity contribution in [3.05, 3.63) is 22.6 Å². The van der Waals surface area contributed by atoms with Gasteiger partial charge < -0.3 is 20.2 Å². The number of carboxylic acids is 1. The van der Waals surface area contributed by atoms with Crippen molar-refractivity contribution in [3.63, 3.8) is 0 Å². The van der Waals surface area contributed by atoms with Gasteiger partial charge in [0.15, 0.2) is 10.4 Å². The number of rotatable bonds is 6. The Labute approximate surface area is 117 Å². The number of halogens is 1. The fourth-order valence-corrected chi connectivity index (χ4v) is 1.63. The number of hydrogen-bond acceptors (Lipinski definition) is 4. The molecule has 1 aromatic heterocycles. The van der Waals surface area contributed by atoms with Crippen LogP contribution in [0.1, 0.15) is 23.9 Å². The van der Waals surface area contributed by atoms with Gasteiger partial charge in [-0.2, -0.15) is 0 Å². The molecule has 104 valence electrons. The van der Waals surface area contributed by atoms with Gasteiger partial charge in [0.2, 0.25) is 5.91 Å². The van der Waals surface area contributed by atoms with E-state index in [1.165, 1.54) is 6.07 Å². The van der Waals surface area contributed by atoms with E-state index in [2.05, 4.69) is 26.6 Å². The van der Waals surface area contributed by atoms with Gasteiger partial charge in [-0.1, -0.05) is 0 Å². The third-order valence-electron chi connectivity index (χ3n) is 2.09. The van der Waals surface area contributed by atoms with Crippen molar-refractivity contribution in [3.8, 4) is 0 Å². The second-order valence-electron chi connectivity index (χ2n) is 3.85. The van der Waals surface area contributed by atoms with Crippen LogP contribution >= 0.6 is 15.9 Å². The zero-order valence-electron chi connectivity index (χ0n) is 10.1. The number of hydrogen-bond donors (Lipinski definition) is 3. The third kappa shape index (κ3) is 5.56. The average Bonchev–Trinajstić information content (AvgIpc) is 2.71. The summed E-state index contributed by atoms with van der Waals surface area (Å²) in [5.41, 5.74) is 0. The molecular formula is C11H13BrN2O5. The fourth-order valence-electron chi connectivity index (χ4n) is 1.32. The van der Waals surface area contributed by atoms with Gasteiger partial charge in [0.25, 0.3) is 5.91 Å². The molecule has 0 aliphatic carbocycles. The molecule has 0 bridgehead atoms. The van der Waals surface area contributed by atoms with Crippen molar-refractivity contribution in [2.75, 3.05) is 6.54 Å². The van der Waals surface area contributed by atoms with Crippen LogP contribution in [0.4, 0.5) is 0 Å². The Morgan fingerprint density at radius 2 is 2.11 bits per heavy atom. The molecule has 19 heavy (non-hydrogen) atoms. The minimum atomic E-state index is -1.00. The van der Waals surface area contributed by atoms with Gasteiger partial charge in [-0.3, -0.25) is 14.4 Å². The predicted molar refractivity (Wildman–Crippen MR) is 68.6 cm³/mol. The number of carboxylic acid groups (broad SMARTS) is 1. The van der Waals surface area contributed by atoms with E-state index >= 15 is 0 Å². The van der Waals surface area contributed by atoms with Crippen molar-refractivity contribution >= 4 is 33.7 Å². The average molecular weight is 333 g/mol. The molecule has 3 N–H and O–H groups in total. The lowest BCUT2D eigenvalue weighted by atomic mass is 10.2. The molecule has 2 amide bonds. The lowest BCUT2D eigenvalue weighted by Crippen LogP contribution is -2.41. The van der Waals surface area contributed by atoms with Crippen molar-refractivity contribution in [1.29, 1.82) is 0 Å². The molecule has 1 atom stereocenters. The molecule has 0 radical (unpaired) electrons. The molecule has 1 unspecified atom stereocenters. The van der Waals surface area contributed by atoms with E-state index in [-0.39, 0.29) is 18.7 Å². The van der Waals surface area contributed by atoms with Crippen molar-refractivity contribution < 1.29 is 23.9 Å². The van der Waals surface area contributed by atoms with E-state index < -0.39 is 23.8 Å². The van der Waals surface area contributed by atoms with Crippen LogP contribution in [0.2, 0.25) is 0 Å². The van der Waals surface area contributed by atoms with Gasteiger partial charge in [0.1, 0.15) is 0 Å². The first-order chi connectivity index (χ1) is 8.88. The van der Waals surface area contributed by atoms with E-state index in [0.29, 0.717) is 4.67 Å². The summed E-state index contributed by atoms with van der Waals surface area (Å²) in [4.78, 5) is 33.4. The van der Waals surface area contributed by atoms with Crippen molar-refractivity contribution in [2.45, 2.75) is 19.4 Å². The molecular weight excluding hydrogens is 320 g/mol. The normalized spacial score (nSPS) is 11.7. The monoisotopic (exact) mass is 332 g/mol. The van der Waals surface area contributed by atoms with Gasteiger partial charge >= 0.3 is 5.97 Å². The molecule has 0 aliphatic heterocycles. The second kappa shape index (κ2) is 6.93. The molecule has 0 saturated carbocycles. The van der Waals surface area contributed by atoms with Crippen LogP contribution in [0.25, 0.3) is 0 Å². The summed E-state index contributed by atoms with van der Waals surface area (Å²) < 4.78 is 5.42. The quantitative estimate of drug-likeness (QED) is 0.712. The summed E-state index contributed by atoms with van der Waals surface area (Å²) in [5.74, 6) is -1.91. The summed E-state index contributed by atoms with van der Waals surface area (Å²) in [6.07, 6.45) is -0.176. The van der Waals surface area contributed by atoms with E-state index in [0.717, 1.165) is 0 Å². The third-order valence-corrected chi connectivity index (χ3v) is 2.52. The first kappa shape index (κ1) is 15.2. The number of carbonyl (C=O) groups excluding carboxylic acids is 2. The Morgan fingerprint density at radius 3 is 2.63 bits per heavy atom. The lowest BCUT2D eigenvalue weighted by Gasteiger charge is -2.11. The Balaban J connectivity index is 2.34. The molecule has 0 saturated heterocycles. The van der Waals surface area contributed by atoms with Crippen LogP contribution in [0.3, 0.4) is 0 Å². The first-order valence-electron chi connectivity index (χ1n) is 5.43. The van der Waals surface area contributed by atoms with E-state index in [1.807, 2.05) is 0 Å². The molecule has 8 heteroatoms. The predicted octanol–water partition coefficient (Wildman–Crippen LogP) is 0.751. The zero-order chi connectivity index (χ0) is 14.4. The van der Waals surface area contributed by atoms with Crippen LogP contribution in [-0.4, -0.2) is 35.5 Å². The number of nitrogens with one attached hydrogen (secondary N) is 2. The van der Waals surface area contributed by atoms with E-state index in [9.17, 15) is 14.4 Å². The standard InChI is InChI=1S/C11H13BrN2O5/c1-6(4-10(16)17)14-9(15)5-13-11(18)7-2-3-8(12)19-7/h2-3,6H,4-5H2,1H3,(H,13,18)(H,14,15)(H,16,17). The number of aliphatic carboxylic acids is 1. The molecule has 1 aromatic rings. The number of furan rings is 1. The lowest BCUT2D eigenvalue weighted by molar-refractivity contribution is -0.137. The van der Waals surface area contributed by atoms with Gasteiger partial charge in [-0.15, -0.1) is 0 Å². The van der Waals surface area contributed by atoms with E-state index in [1.54, 1.807) is 13.0 Å². The summed E-state index contributed by atoms with van der Waals surface area (Å²) in [6, 6.07) is 2.52. The maximum absolute atomic E-state index is 11.5. The largest absolute Gasteiger partial charge is 0.481 e. The maximum Gasteiger partial charge on any atom is 0.305 e. The van der Waals surface area contributed by atoms with Crippen LogP contribution < -0.4 is 10.6 Å². The summed E-state index contributed by atoms with van der Waals surface area (Å²) in [7, 11) is 0. The smallest absolute Gasteiger partial charge is 0.305 e. The summed E-state index contributed by atoms with van der Waals surface area (Å²) in [6.45, 7) is 1.32. The molecule has 1 rings (SSSR count). The summed E-state index contributed by atoms with van der Waals surface area (Å²) >= 11 is 3.05.